The number of ether oxygens (including phenoxy) is 2. The summed E-state index contributed by atoms with van der Waals surface area (Å²) in [5, 5.41) is -0.0184. The summed E-state index contributed by atoms with van der Waals surface area (Å²) in [7, 11) is 3.04. The van der Waals surface area contributed by atoms with E-state index in [1.165, 1.54) is 14.2 Å². The summed E-state index contributed by atoms with van der Waals surface area (Å²) < 4.78 is 10.5. The maximum Gasteiger partial charge on any atom is 0.285 e. The number of primary amides is 1. The van der Waals surface area contributed by atoms with E-state index in [0.717, 1.165) is 11.8 Å². The highest BCUT2D eigenvalue weighted by atomic mass is 32.2. The summed E-state index contributed by atoms with van der Waals surface area (Å²) in [6.45, 7) is 0. The van der Waals surface area contributed by atoms with Crippen LogP contribution in [0, 0.1) is 0 Å². The molecule has 0 atom stereocenters. The number of nitrogens with zero attached hydrogens (tertiary/aromatic N) is 1. The first kappa shape index (κ1) is 14.1. The number of amides is 2. The maximum atomic E-state index is 11.7. The van der Waals surface area contributed by atoms with Crippen molar-refractivity contribution in [2.75, 3.05) is 14.2 Å². The first-order valence-corrected chi connectivity index (χ1v) is 6.41. The third-order valence-corrected chi connectivity index (χ3v) is 3.57. The first-order valence-electron chi connectivity index (χ1n) is 5.60. The highest BCUT2D eigenvalue weighted by Crippen LogP contribution is 2.35. The second-order valence-corrected chi connectivity index (χ2v) is 4.80. The Balaban J connectivity index is 2.42. The van der Waals surface area contributed by atoms with Crippen molar-refractivity contribution in [3.63, 3.8) is 0 Å². The van der Waals surface area contributed by atoms with Crippen LogP contribution in [-0.2, 0) is 9.59 Å². The Hall–Kier alpha value is -2.28. The van der Waals surface area contributed by atoms with Crippen molar-refractivity contribution in [2.24, 2.45) is 10.7 Å². The molecule has 0 saturated carbocycles. The predicted molar refractivity (Wildman–Crippen MR) is 76.8 cm³/mol. The van der Waals surface area contributed by atoms with Crippen molar-refractivity contribution in [3.05, 3.63) is 28.7 Å². The maximum absolute atomic E-state index is 11.7. The van der Waals surface area contributed by atoms with E-state index in [9.17, 15) is 9.59 Å². The SMILES string of the molecule is COc1cccc(OC)c1C=C1SC(C(N)=O)=NC1=O. The molecule has 0 fully saturated rings. The standard InChI is InChI=1S/C13H12N2O4S/c1-18-8-4-3-5-9(19-2)7(8)6-10-12(17)15-13(20-10)11(14)16/h3-6H,1-2H3,(H2,14,16). The zero-order chi connectivity index (χ0) is 14.7. The van der Waals surface area contributed by atoms with E-state index in [1.54, 1.807) is 24.3 Å². The molecule has 7 heteroatoms. The van der Waals surface area contributed by atoms with Crippen LogP contribution in [0.2, 0.25) is 0 Å². The Labute approximate surface area is 119 Å². The molecule has 6 nitrogen and oxygen atoms in total. The molecule has 20 heavy (non-hydrogen) atoms. The molecule has 1 aromatic rings. The van der Waals surface area contributed by atoms with Crippen LogP contribution in [0.1, 0.15) is 5.56 Å². The molecule has 1 heterocycles. The summed E-state index contributed by atoms with van der Waals surface area (Å²) >= 11 is 0.936. The van der Waals surface area contributed by atoms with Crippen LogP contribution in [0.3, 0.4) is 0 Å². The van der Waals surface area contributed by atoms with Gasteiger partial charge in [-0.3, -0.25) is 9.59 Å². The molecule has 1 aliphatic rings. The van der Waals surface area contributed by atoms with Gasteiger partial charge in [0.2, 0.25) is 0 Å². The fourth-order valence-corrected chi connectivity index (χ4v) is 2.41. The lowest BCUT2D eigenvalue weighted by molar-refractivity contribution is -0.114. The number of hydrogen-bond donors (Lipinski definition) is 1. The number of hydrogen-bond acceptors (Lipinski definition) is 5. The molecule has 0 saturated heterocycles. The molecule has 0 aromatic heterocycles. The summed E-state index contributed by atoms with van der Waals surface area (Å²) in [6.07, 6.45) is 1.57. The lowest BCUT2D eigenvalue weighted by Gasteiger charge is -2.10. The number of methoxy groups -OCH3 is 2. The van der Waals surface area contributed by atoms with Crippen LogP contribution >= 0.6 is 11.8 Å². The minimum atomic E-state index is -0.723. The van der Waals surface area contributed by atoms with Gasteiger partial charge in [0.1, 0.15) is 11.5 Å². The second-order valence-electron chi connectivity index (χ2n) is 3.77. The largest absolute Gasteiger partial charge is 0.496 e. The van der Waals surface area contributed by atoms with Gasteiger partial charge in [0.15, 0.2) is 5.04 Å². The molecule has 2 N–H and O–H groups in total. The van der Waals surface area contributed by atoms with Crippen LogP contribution in [0.25, 0.3) is 6.08 Å². The Kier molecular flexibility index (Phi) is 4.09. The number of carbonyl (C=O) groups is 2. The number of nitrogens with two attached hydrogens (primary N) is 1. The van der Waals surface area contributed by atoms with Gasteiger partial charge in [0.05, 0.1) is 24.7 Å². The second kappa shape index (κ2) is 5.79. The number of benzene rings is 1. The molecule has 2 amide bonds. The van der Waals surface area contributed by atoms with Gasteiger partial charge in [-0.1, -0.05) is 17.8 Å². The third kappa shape index (κ3) is 2.67. The number of rotatable bonds is 4. The van der Waals surface area contributed by atoms with Crippen LogP contribution in [-0.4, -0.2) is 31.1 Å². The lowest BCUT2D eigenvalue weighted by Crippen LogP contribution is -2.18. The van der Waals surface area contributed by atoms with Gasteiger partial charge < -0.3 is 15.2 Å². The number of carbonyl (C=O) groups excluding carboxylic acids is 2. The molecular weight excluding hydrogens is 280 g/mol. The quantitative estimate of drug-likeness (QED) is 0.842. The number of thioether (sulfide) groups is 1. The van der Waals surface area contributed by atoms with E-state index in [-0.39, 0.29) is 5.04 Å². The average molecular weight is 292 g/mol. The summed E-state index contributed by atoms with van der Waals surface area (Å²) in [5.41, 5.74) is 5.71. The van der Waals surface area contributed by atoms with Crippen molar-refractivity contribution in [2.45, 2.75) is 0 Å². The Morgan fingerprint density at radius 1 is 1.30 bits per heavy atom. The highest BCUT2D eigenvalue weighted by Gasteiger charge is 2.26. The number of aliphatic imine (C=N–C) groups is 1. The normalized spacial score (nSPS) is 16.2. The molecule has 0 bridgehead atoms. The minimum Gasteiger partial charge on any atom is -0.496 e. The molecule has 1 aliphatic heterocycles. The van der Waals surface area contributed by atoms with Gasteiger partial charge in [-0.15, -0.1) is 0 Å². The van der Waals surface area contributed by atoms with E-state index in [4.69, 9.17) is 15.2 Å². The molecule has 1 aromatic carbocycles. The Bertz CT molecular complexity index is 615. The Morgan fingerprint density at radius 3 is 2.35 bits per heavy atom. The van der Waals surface area contributed by atoms with Crippen LogP contribution in [0.4, 0.5) is 0 Å². The van der Waals surface area contributed by atoms with E-state index in [0.29, 0.717) is 22.0 Å². The highest BCUT2D eigenvalue weighted by molar-refractivity contribution is 8.20. The van der Waals surface area contributed by atoms with Crippen LogP contribution < -0.4 is 15.2 Å². The molecule has 2 rings (SSSR count). The fraction of sp³-hybridized carbons (Fsp3) is 0.154. The zero-order valence-electron chi connectivity index (χ0n) is 10.9. The zero-order valence-corrected chi connectivity index (χ0v) is 11.7. The minimum absolute atomic E-state index is 0.0184. The van der Waals surface area contributed by atoms with E-state index >= 15 is 0 Å². The molecule has 0 spiro atoms. The van der Waals surface area contributed by atoms with E-state index < -0.39 is 11.8 Å². The van der Waals surface area contributed by atoms with Gasteiger partial charge in [-0.05, 0) is 18.2 Å². The van der Waals surface area contributed by atoms with Gasteiger partial charge in [0.25, 0.3) is 11.8 Å². The van der Waals surface area contributed by atoms with Crippen LogP contribution in [0.15, 0.2) is 28.1 Å². The molecule has 0 radical (unpaired) electrons. The van der Waals surface area contributed by atoms with Crippen molar-refractivity contribution in [1.29, 1.82) is 0 Å². The smallest absolute Gasteiger partial charge is 0.285 e. The summed E-state index contributed by atoms with van der Waals surface area (Å²) in [5.74, 6) is -0.119. The van der Waals surface area contributed by atoms with Crippen molar-refractivity contribution < 1.29 is 19.1 Å². The van der Waals surface area contributed by atoms with Crippen molar-refractivity contribution in [3.8, 4) is 11.5 Å². The average Bonchev–Trinajstić information content (AvgIpc) is 2.80. The lowest BCUT2D eigenvalue weighted by atomic mass is 10.1. The van der Waals surface area contributed by atoms with Gasteiger partial charge in [-0.25, -0.2) is 0 Å². The van der Waals surface area contributed by atoms with Gasteiger partial charge in [0, 0.05) is 0 Å². The molecular formula is C13H12N2O4S. The molecule has 0 unspecified atom stereocenters. The Morgan fingerprint density at radius 2 is 1.90 bits per heavy atom. The molecule has 0 aliphatic carbocycles. The summed E-state index contributed by atoms with van der Waals surface area (Å²) in [4.78, 5) is 26.6. The van der Waals surface area contributed by atoms with E-state index in [1.807, 2.05) is 0 Å². The first-order chi connectivity index (χ1) is 9.56. The van der Waals surface area contributed by atoms with Gasteiger partial charge >= 0.3 is 0 Å². The van der Waals surface area contributed by atoms with Crippen molar-refractivity contribution >= 4 is 34.7 Å². The van der Waals surface area contributed by atoms with Crippen LogP contribution in [0.5, 0.6) is 11.5 Å². The summed E-state index contributed by atoms with van der Waals surface area (Å²) in [6, 6.07) is 5.26. The molecule has 104 valence electrons. The fourth-order valence-electron chi connectivity index (χ4n) is 1.67. The predicted octanol–water partition coefficient (Wildman–Crippen LogP) is 1.20. The third-order valence-electron chi connectivity index (χ3n) is 2.57. The monoisotopic (exact) mass is 292 g/mol. The topological polar surface area (TPSA) is 91.0 Å². The van der Waals surface area contributed by atoms with Crippen molar-refractivity contribution in [1.82, 2.24) is 0 Å². The van der Waals surface area contributed by atoms with Gasteiger partial charge in [-0.2, -0.15) is 4.99 Å². The van der Waals surface area contributed by atoms with E-state index in [2.05, 4.69) is 4.99 Å².